The van der Waals surface area contributed by atoms with E-state index in [9.17, 15) is 19.3 Å². The van der Waals surface area contributed by atoms with Gasteiger partial charge in [-0.2, -0.15) is 0 Å². The van der Waals surface area contributed by atoms with Crippen LogP contribution < -0.4 is 0 Å². The van der Waals surface area contributed by atoms with Crippen LogP contribution in [0.2, 0.25) is 0 Å². The zero-order valence-corrected chi connectivity index (χ0v) is 10.2. The summed E-state index contributed by atoms with van der Waals surface area (Å²) in [6.07, 6.45) is 1.63. The molecule has 0 atom stereocenters. The van der Waals surface area contributed by atoms with Gasteiger partial charge in [0.05, 0.1) is 22.7 Å². The van der Waals surface area contributed by atoms with Gasteiger partial charge < -0.3 is 4.57 Å². The van der Waals surface area contributed by atoms with E-state index in [0.717, 1.165) is 18.2 Å². The molecule has 0 bridgehead atoms. The monoisotopic (exact) mass is 262 g/mol. The molecule has 19 heavy (non-hydrogen) atoms. The topological polar surface area (TPSA) is 65.1 Å². The first-order valence-electron chi connectivity index (χ1n) is 5.58. The quantitative estimate of drug-likeness (QED) is 0.483. The summed E-state index contributed by atoms with van der Waals surface area (Å²) >= 11 is 0. The SMILES string of the molecule is CC(=O)c1cccn1Cc1cc(F)ccc1[N+](=O)[O-]. The first-order valence-corrected chi connectivity index (χ1v) is 5.58. The maximum absolute atomic E-state index is 13.2. The van der Waals surface area contributed by atoms with Crippen LogP contribution in [0.5, 0.6) is 0 Å². The van der Waals surface area contributed by atoms with E-state index in [0.29, 0.717) is 5.69 Å². The van der Waals surface area contributed by atoms with Crippen LogP contribution in [-0.2, 0) is 6.54 Å². The number of rotatable bonds is 4. The van der Waals surface area contributed by atoms with Crippen LogP contribution in [0.4, 0.5) is 10.1 Å². The Hall–Kier alpha value is -2.50. The molecular weight excluding hydrogens is 251 g/mol. The Morgan fingerprint density at radius 2 is 2.16 bits per heavy atom. The Bertz CT molecular complexity index is 649. The summed E-state index contributed by atoms with van der Waals surface area (Å²) in [4.78, 5) is 21.7. The number of hydrogen-bond acceptors (Lipinski definition) is 3. The molecule has 0 saturated heterocycles. The lowest BCUT2D eigenvalue weighted by Crippen LogP contribution is -2.08. The molecule has 0 saturated carbocycles. The number of nitro groups is 1. The lowest BCUT2D eigenvalue weighted by atomic mass is 10.1. The van der Waals surface area contributed by atoms with E-state index in [1.807, 2.05) is 0 Å². The average molecular weight is 262 g/mol. The van der Waals surface area contributed by atoms with Gasteiger partial charge in [0.25, 0.3) is 5.69 Å². The van der Waals surface area contributed by atoms with Crippen LogP contribution in [0.1, 0.15) is 23.0 Å². The van der Waals surface area contributed by atoms with Gasteiger partial charge in [-0.15, -0.1) is 0 Å². The van der Waals surface area contributed by atoms with E-state index in [1.54, 1.807) is 22.9 Å². The highest BCUT2D eigenvalue weighted by atomic mass is 19.1. The predicted molar refractivity (Wildman–Crippen MR) is 66.6 cm³/mol. The molecule has 98 valence electrons. The molecule has 1 aromatic carbocycles. The second-order valence-corrected chi connectivity index (χ2v) is 4.11. The van der Waals surface area contributed by atoms with Gasteiger partial charge in [0, 0.05) is 19.2 Å². The van der Waals surface area contributed by atoms with Crippen molar-refractivity contribution in [2.75, 3.05) is 0 Å². The molecule has 2 aromatic rings. The highest BCUT2D eigenvalue weighted by Crippen LogP contribution is 2.21. The van der Waals surface area contributed by atoms with Crippen LogP contribution in [-0.4, -0.2) is 15.3 Å². The van der Waals surface area contributed by atoms with Gasteiger partial charge >= 0.3 is 0 Å². The molecular formula is C13H11FN2O3. The number of benzene rings is 1. The van der Waals surface area contributed by atoms with Crippen molar-refractivity contribution in [1.29, 1.82) is 0 Å². The number of halogens is 1. The summed E-state index contributed by atoms with van der Waals surface area (Å²) in [5.74, 6) is -0.693. The van der Waals surface area contributed by atoms with Crippen molar-refractivity contribution in [2.45, 2.75) is 13.5 Å². The second kappa shape index (κ2) is 5.01. The molecule has 0 aliphatic heterocycles. The van der Waals surface area contributed by atoms with Gasteiger partial charge in [0.15, 0.2) is 5.78 Å². The fourth-order valence-electron chi connectivity index (χ4n) is 1.91. The molecule has 0 N–H and O–H groups in total. The van der Waals surface area contributed by atoms with Crippen molar-refractivity contribution in [2.24, 2.45) is 0 Å². The maximum atomic E-state index is 13.2. The number of carbonyl (C=O) groups is 1. The molecule has 1 aromatic heterocycles. The predicted octanol–water partition coefficient (Wildman–Crippen LogP) is 2.79. The van der Waals surface area contributed by atoms with E-state index in [2.05, 4.69) is 0 Å². The van der Waals surface area contributed by atoms with Crippen LogP contribution in [0, 0.1) is 15.9 Å². The highest BCUT2D eigenvalue weighted by molar-refractivity contribution is 5.92. The fraction of sp³-hybridized carbons (Fsp3) is 0.154. The minimum atomic E-state index is -0.564. The lowest BCUT2D eigenvalue weighted by molar-refractivity contribution is -0.385. The number of Topliss-reactive ketones (excluding diaryl/α,β-unsaturated/α-hetero) is 1. The molecule has 0 aliphatic rings. The number of nitrogens with zero attached hydrogens (tertiary/aromatic N) is 2. The van der Waals surface area contributed by atoms with Crippen LogP contribution in [0.3, 0.4) is 0 Å². The number of nitro benzene ring substituents is 1. The summed E-state index contributed by atoms with van der Waals surface area (Å²) < 4.78 is 14.8. The van der Waals surface area contributed by atoms with Crippen LogP contribution in [0.25, 0.3) is 0 Å². The van der Waals surface area contributed by atoms with Crippen molar-refractivity contribution in [3.63, 3.8) is 0 Å². The van der Waals surface area contributed by atoms with Crippen LogP contribution >= 0.6 is 0 Å². The van der Waals surface area contributed by atoms with Crippen molar-refractivity contribution in [3.05, 3.63) is 63.7 Å². The number of ketones is 1. The van der Waals surface area contributed by atoms with E-state index in [-0.39, 0.29) is 23.6 Å². The van der Waals surface area contributed by atoms with Crippen molar-refractivity contribution in [3.8, 4) is 0 Å². The number of hydrogen-bond donors (Lipinski definition) is 0. The molecule has 0 fully saturated rings. The van der Waals surface area contributed by atoms with Gasteiger partial charge in [0.1, 0.15) is 5.82 Å². The molecule has 0 aliphatic carbocycles. The van der Waals surface area contributed by atoms with E-state index in [4.69, 9.17) is 0 Å². The molecule has 0 radical (unpaired) electrons. The number of aromatic nitrogens is 1. The Balaban J connectivity index is 2.42. The smallest absolute Gasteiger partial charge is 0.274 e. The fourth-order valence-corrected chi connectivity index (χ4v) is 1.91. The van der Waals surface area contributed by atoms with Crippen LogP contribution in [0.15, 0.2) is 36.5 Å². The lowest BCUT2D eigenvalue weighted by Gasteiger charge is -2.08. The molecule has 0 spiro atoms. The third kappa shape index (κ3) is 2.67. The molecule has 0 amide bonds. The minimum absolute atomic E-state index is 0.0794. The summed E-state index contributed by atoms with van der Waals surface area (Å²) in [6.45, 7) is 1.49. The van der Waals surface area contributed by atoms with Gasteiger partial charge in [-0.3, -0.25) is 14.9 Å². The normalized spacial score (nSPS) is 10.4. The van der Waals surface area contributed by atoms with E-state index in [1.165, 1.54) is 6.92 Å². The Labute approximate surface area is 108 Å². The number of carbonyl (C=O) groups excluding carboxylic acids is 1. The summed E-state index contributed by atoms with van der Waals surface area (Å²) in [6, 6.07) is 6.57. The van der Waals surface area contributed by atoms with Gasteiger partial charge in [-0.1, -0.05) is 0 Å². The van der Waals surface area contributed by atoms with Crippen molar-refractivity contribution < 1.29 is 14.1 Å². The van der Waals surface area contributed by atoms with E-state index >= 15 is 0 Å². The summed E-state index contributed by atoms with van der Waals surface area (Å²) in [5, 5.41) is 10.9. The standard InChI is InChI=1S/C13H11FN2O3/c1-9(17)12-3-2-6-15(12)8-10-7-11(14)4-5-13(10)16(18)19/h2-7H,8H2,1H3. The zero-order valence-electron chi connectivity index (χ0n) is 10.2. The third-order valence-electron chi connectivity index (χ3n) is 2.77. The maximum Gasteiger partial charge on any atom is 0.274 e. The van der Waals surface area contributed by atoms with E-state index < -0.39 is 10.7 Å². The Morgan fingerprint density at radius 1 is 1.42 bits per heavy atom. The minimum Gasteiger partial charge on any atom is -0.340 e. The van der Waals surface area contributed by atoms with Gasteiger partial charge in [0.2, 0.25) is 0 Å². The second-order valence-electron chi connectivity index (χ2n) is 4.11. The van der Waals surface area contributed by atoms with Crippen molar-refractivity contribution in [1.82, 2.24) is 4.57 Å². The molecule has 2 rings (SSSR count). The molecule has 5 nitrogen and oxygen atoms in total. The van der Waals surface area contributed by atoms with Gasteiger partial charge in [-0.05, 0) is 24.3 Å². The first-order chi connectivity index (χ1) is 8.99. The van der Waals surface area contributed by atoms with Crippen molar-refractivity contribution >= 4 is 11.5 Å². The Kier molecular flexibility index (Phi) is 3.41. The molecule has 1 heterocycles. The van der Waals surface area contributed by atoms with Gasteiger partial charge in [-0.25, -0.2) is 4.39 Å². The summed E-state index contributed by atoms with van der Waals surface area (Å²) in [7, 11) is 0. The largest absolute Gasteiger partial charge is 0.340 e. The zero-order chi connectivity index (χ0) is 14.0. The third-order valence-corrected chi connectivity index (χ3v) is 2.77. The summed E-state index contributed by atoms with van der Waals surface area (Å²) in [5.41, 5.74) is 0.492. The highest BCUT2D eigenvalue weighted by Gasteiger charge is 2.16. The Morgan fingerprint density at radius 3 is 2.79 bits per heavy atom. The first kappa shape index (κ1) is 12.9. The molecule has 6 heteroatoms. The molecule has 0 unspecified atom stereocenters. The average Bonchev–Trinajstić information content (AvgIpc) is 2.76.